The highest BCUT2D eigenvalue weighted by Gasteiger charge is 2.03. The van der Waals surface area contributed by atoms with Gasteiger partial charge in [0.1, 0.15) is 0 Å². The van der Waals surface area contributed by atoms with E-state index in [2.05, 4.69) is 41.1 Å². The lowest BCUT2D eigenvalue weighted by Crippen LogP contribution is -2.39. The fraction of sp³-hybridized carbons (Fsp3) is 0.692. The molecular formula is C13H26IN5. The van der Waals surface area contributed by atoms with Crippen LogP contribution in [0.2, 0.25) is 0 Å². The zero-order valence-electron chi connectivity index (χ0n) is 12.2. The van der Waals surface area contributed by atoms with Gasteiger partial charge in [-0.15, -0.1) is 24.0 Å². The second-order valence-electron chi connectivity index (χ2n) is 4.31. The summed E-state index contributed by atoms with van der Waals surface area (Å²) in [6.07, 6.45) is 7.98. The highest BCUT2D eigenvalue weighted by atomic mass is 127. The molecule has 0 aromatic carbocycles. The summed E-state index contributed by atoms with van der Waals surface area (Å²) in [5.74, 6) is 0.992. The molecule has 0 bridgehead atoms. The average Bonchev–Trinajstić information content (AvgIpc) is 2.88. The maximum Gasteiger partial charge on any atom is 0.193 e. The Hall–Kier alpha value is -0.790. The van der Waals surface area contributed by atoms with E-state index in [0.717, 1.165) is 32.1 Å². The van der Waals surface area contributed by atoms with Crippen LogP contribution in [-0.4, -0.2) is 47.1 Å². The molecule has 1 aromatic rings. The number of guanidine groups is 1. The maximum atomic E-state index is 4.62. The second-order valence-corrected chi connectivity index (χ2v) is 4.31. The van der Waals surface area contributed by atoms with Crippen LogP contribution in [0.1, 0.15) is 26.7 Å². The molecule has 0 spiro atoms. The standard InChI is InChI=1S/C13H25N5.HI/c1-4-6-9-17(3)13(15-5-2)16-8-11-18-10-7-14-12-18;/h7,10,12H,4-6,8-9,11H2,1-3H3,(H,15,16);1H. The van der Waals surface area contributed by atoms with Gasteiger partial charge in [-0.3, -0.25) is 4.99 Å². The molecule has 5 nitrogen and oxygen atoms in total. The number of aliphatic imine (C=N–C) groups is 1. The first kappa shape index (κ1) is 18.2. The number of halogens is 1. The van der Waals surface area contributed by atoms with Crippen LogP contribution in [-0.2, 0) is 6.54 Å². The molecule has 0 unspecified atom stereocenters. The van der Waals surface area contributed by atoms with Crippen LogP contribution < -0.4 is 5.32 Å². The van der Waals surface area contributed by atoms with Crippen molar-refractivity contribution in [1.82, 2.24) is 19.8 Å². The molecule has 0 amide bonds. The van der Waals surface area contributed by atoms with E-state index in [1.807, 2.05) is 17.1 Å². The van der Waals surface area contributed by atoms with E-state index < -0.39 is 0 Å². The lowest BCUT2D eigenvalue weighted by atomic mass is 10.3. The third kappa shape index (κ3) is 7.39. The van der Waals surface area contributed by atoms with Crippen molar-refractivity contribution in [3.63, 3.8) is 0 Å². The Kier molecular flexibility index (Phi) is 10.6. The van der Waals surface area contributed by atoms with Gasteiger partial charge < -0.3 is 14.8 Å². The number of nitrogens with one attached hydrogen (secondary N) is 1. The van der Waals surface area contributed by atoms with Crippen LogP contribution in [0, 0.1) is 0 Å². The summed E-state index contributed by atoms with van der Waals surface area (Å²) in [7, 11) is 2.09. The van der Waals surface area contributed by atoms with E-state index in [1.54, 1.807) is 6.20 Å². The van der Waals surface area contributed by atoms with E-state index in [0.29, 0.717) is 0 Å². The first-order valence-corrected chi connectivity index (χ1v) is 6.73. The van der Waals surface area contributed by atoms with Gasteiger partial charge in [0.25, 0.3) is 0 Å². The van der Waals surface area contributed by atoms with Gasteiger partial charge in [-0.05, 0) is 13.3 Å². The smallest absolute Gasteiger partial charge is 0.193 e. The fourth-order valence-electron chi connectivity index (χ4n) is 1.66. The SMILES string of the molecule is CCCCN(C)C(=NCCn1ccnc1)NCC.I. The molecule has 19 heavy (non-hydrogen) atoms. The molecule has 0 radical (unpaired) electrons. The Bertz CT molecular complexity index is 337. The topological polar surface area (TPSA) is 45.5 Å². The van der Waals surface area contributed by atoms with Crippen molar-refractivity contribution in [3.8, 4) is 0 Å². The molecule has 0 fully saturated rings. The van der Waals surface area contributed by atoms with Gasteiger partial charge in [0.2, 0.25) is 0 Å². The number of aromatic nitrogens is 2. The van der Waals surface area contributed by atoms with Crippen LogP contribution in [0.5, 0.6) is 0 Å². The molecular weight excluding hydrogens is 353 g/mol. The lowest BCUT2D eigenvalue weighted by Gasteiger charge is -2.21. The normalized spacial score (nSPS) is 11.0. The lowest BCUT2D eigenvalue weighted by molar-refractivity contribution is 0.464. The van der Waals surface area contributed by atoms with Crippen molar-refractivity contribution in [1.29, 1.82) is 0 Å². The minimum absolute atomic E-state index is 0. The van der Waals surface area contributed by atoms with Gasteiger partial charge in [-0.2, -0.15) is 0 Å². The molecule has 110 valence electrons. The predicted molar refractivity (Wildman–Crippen MR) is 91.2 cm³/mol. The summed E-state index contributed by atoms with van der Waals surface area (Å²) < 4.78 is 2.04. The van der Waals surface area contributed by atoms with Crippen molar-refractivity contribution in [3.05, 3.63) is 18.7 Å². The molecule has 0 aliphatic carbocycles. The molecule has 0 saturated heterocycles. The molecule has 0 atom stereocenters. The molecule has 1 N–H and O–H groups in total. The Balaban J connectivity index is 0.00000324. The highest BCUT2D eigenvalue weighted by molar-refractivity contribution is 14.0. The fourth-order valence-corrected chi connectivity index (χ4v) is 1.66. The predicted octanol–water partition coefficient (Wildman–Crippen LogP) is 2.20. The second kappa shape index (κ2) is 11.1. The minimum Gasteiger partial charge on any atom is -0.357 e. The quantitative estimate of drug-likeness (QED) is 0.449. The maximum absolute atomic E-state index is 4.62. The zero-order valence-corrected chi connectivity index (χ0v) is 14.5. The van der Waals surface area contributed by atoms with Crippen LogP contribution in [0.15, 0.2) is 23.7 Å². The average molecular weight is 379 g/mol. The van der Waals surface area contributed by atoms with Crippen molar-refractivity contribution >= 4 is 29.9 Å². The molecule has 0 saturated carbocycles. The van der Waals surface area contributed by atoms with Crippen LogP contribution in [0.25, 0.3) is 0 Å². The van der Waals surface area contributed by atoms with E-state index >= 15 is 0 Å². The third-order valence-corrected chi connectivity index (χ3v) is 2.72. The number of imidazole rings is 1. The van der Waals surface area contributed by atoms with Crippen LogP contribution in [0.4, 0.5) is 0 Å². The largest absolute Gasteiger partial charge is 0.357 e. The van der Waals surface area contributed by atoms with Gasteiger partial charge in [-0.25, -0.2) is 4.98 Å². The zero-order chi connectivity index (χ0) is 13.2. The van der Waals surface area contributed by atoms with Crippen molar-refractivity contribution in [2.45, 2.75) is 33.2 Å². The van der Waals surface area contributed by atoms with Gasteiger partial charge in [0.15, 0.2) is 5.96 Å². The van der Waals surface area contributed by atoms with E-state index in [9.17, 15) is 0 Å². The number of nitrogens with zero attached hydrogens (tertiary/aromatic N) is 4. The summed E-state index contributed by atoms with van der Waals surface area (Å²) in [6.45, 7) is 7.90. The van der Waals surface area contributed by atoms with Crippen molar-refractivity contribution < 1.29 is 0 Å². The number of hydrogen-bond donors (Lipinski definition) is 1. The van der Waals surface area contributed by atoms with E-state index in [1.165, 1.54) is 12.8 Å². The van der Waals surface area contributed by atoms with Crippen LogP contribution >= 0.6 is 24.0 Å². The van der Waals surface area contributed by atoms with Gasteiger partial charge >= 0.3 is 0 Å². The molecule has 0 aliphatic heterocycles. The number of rotatable bonds is 7. The summed E-state index contributed by atoms with van der Waals surface area (Å²) >= 11 is 0. The molecule has 1 aromatic heterocycles. The molecule has 1 rings (SSSR count). The van der Waals surface area contributed by atoms with Gasteiger partial charge in [0, 0.05) is 39.1 Å². The number of unbranched alkanes of at least 4 members (excludes halogenated alkanes) is 1. The Morgan fingerprint density at radius 2 is 2.21 bits per heavy atom. The Morgan fingerprint density at radius 3 is 2.79 bits per heavy atom. The number of hydrogen-bond acceptors (Lipinski definition) is 2. The van der Waals surface area contributed by atoms with Crippen LogP contribution in [0.3, 0.4) is 0 Å². The summed E-state index contributed by atoms with van der Waals surface area (Å²) in [5, 5.41) is 3.32. The van der Waals surface area contributed by atoms with E-state index in [4.69, 9.17) is 0 Å². The summed E-state index contributed by atoms with van der Waals surface area (Å²) in [4.78, 5) is 10.8. The van der Waals surface area contributed by atoms with Gasteiger partial charge in [-0.1, -0.05) is 13.3 Å². The van der Waals surface area contributed by atoms with Crippen molar-refractivity contribution in [2.24, 2.45) is 4.99 Å². The Morgan fingerprint density at radius 1 is 1.42 bits per heavy atom. The monoisotopic (exact) mass is 379 g/mol. The molecule has 6 heteroatoms. The van der Waals surface area contributed by atoms with Crippen molar-refractivity contribution in [2.75, 3.05) is 26.7 Å². The minimum atomic E-state index is 0. The molecule has 0 aliphatic rings. The summed E-state index contributed by atoms with van der Waals surface area (Å²) in [6, 6.07) is 0. The third-order valence-electron chi connectivity index (χ3n) is 2.72. The van der Waals surface area contributed by atoms with Gasteiger partial charge in [0.05, 0.1) is 12.9 Å². The highest BCUT2D eigenvalue weighted by Crippen LogP contribution is 1.94. The Labute approximate surface area is 133 Å². The van der Waals surface area contributed by atoms with E-state index in [-0.39, 0.29) is 24.0 Å². The first-order chi connectivity index (χ1) is 8.77. The first-order valence-electron chi connectivity index (χ1n) is 6.73. The summed E-state index contributed by atoms with van der Waals surface area (Å²) in [5.41, 5.74) is 0. The molecule has 1 heterocycles.